The molecule has 0 radical (unpaired) electrons. The number of alkyl halides is 1. The molecule has 0 N–H and O–H groups in total. The van der Waals surface area contributed by atoms with Gasteiger partial charge in [0.25, 0.3) is 0 Å². The van der Waals surface area contributed by atoms with Crippen LogP contribution in [0.15, 0.2) is 0 Å². The summed E-state index contributed by atoms with van der Waals surface area (Å²) in [5, 5.41) is 0. The van der Waals surface area contributed by atoms with Crippen molar-refractivity contribution in [2.75, 3.05) is 5.88 Å². The fourth-order valence-electron chi connectivity index (χ4n) is 2.69. The van der Waals surface area contributed by atoms with E-state index in [0.29, 0.717) is 5.41 Å². The minimum absolute atomic E-state index is 0.616. The van der Waals surface area contributed by atoms with Crippen LogP contribution in [0.3, 0.4) is 0 Å². The SMILES string of the molecule is CC1(C)CCC2(CC1)CC2CCl. The van der Waals surface area contributed by atoms with Crippen LogP contribution in [0, 0.1) is 16.7 Å². The van der Waals surface area contributed by atoms with Crippen LogP contribution in [-0.4, -0.2) is 5.88 Å². The zero-order chi connectivity index (χ0) is 8.82. The molecule has 0 saturated heterocycles. The molecule has 0 aromatic rings. The summed E-state index contributed by atoms with van der Waals surface area (Å²) >= 11 is 5.89. The average molecular weight is 187 g/mol. The van der Waals surface area contributed by atoms with E-state index >= 15 is 0 Å². The van der Waals surface area contributed by atoms with Crippen molar-refractivity contribution in [3.8, 4) is 0 Å². The van der Waals surface area contributed by atoms with Crippen molar-refractivity contribution in [1.29, 1.82) is 0 Å². The fraction of sp³-hybridized carbons (Fsp3) is 1.00. The van der Waals surface area contributed by atoms with E-state index in [4.69, 9.17) is 11.6 Å². The van der Waals surface area contributed by atoms with E-state index < -0.39 is 0 Å². The van der Waals surface area contributed by atoms with Crippen molar-refractivity contribution in [2.45, 2.75) is 46.0 Å². The molecule has 2 rings (SSSR count). The average Bonchev–Trinajstić information content (AvgIpc) is 2.72. The lowest BCUT2D eigenvalue weighted by molar-refractivity contribution is 0.169. The first-order valence-corrected chi connectivity index (χ1v) is 5.67. The maximum Gasteiger partial charge on any atom is 0.0257 e. The van der Waals surface area contributed by atoms with Gasteiger partial charge in [0.05, 0.1) is 0 Å². The van der Waals surface area contributed by atoms with Crippen LogP contribution < -0.4 is 0 Å². The van der Waals surface area contributed by atoms with Crippen LogP contribution in [-0.2, 0) is 0 Å². The molecule has 2 aliphatic rings. The van der Waals surface area contributed by atoms with Crippen molar-refractivity contribution in [1.82, 2.24) is 0 Å². The Morgan fingerprint density at radius 2 is 1.75 bits per heavy atom. The Kier molecular flexibility index (Phi) is 1.95. The van der Waals surface area contributed by atoms with E-state index in [1.807, 2.05) is 0 Å². The van der Waals surface area contributed by atoms with Crippen molar-refractivity contribution in [3.05, 3.63) is 0 Å². The molecule has 70 valence electrons. The summed E-state index contributed by atoms with van der Waals surface area (Å²) < 4.78 is 0. The second-order valence-corrected chi connectivity index (χ2v) is 5.89. The summed E-state index contributed by atoms with van der Waals surface area (Å²) in [6.07, 6.45) is 7.14. The zero-order valence-electron chi connectivity index (χ0n) is 8.20. The molecule has 0 bridgehead atoms. The Balaban J connectivity index is 1.92. The highest BCUT2D eigenvalue weighted by Gasteiger charge is 2.54. The van der Waals surface area contributed by atoms with Crippen LogP contribution in [0.25, 0.3) is 0 Å². The molecule has 12 heavy (non-hydrogen) atoms. The number of halogens is 1. The van der Waals surface area contributed by atoms with Gasteiger partial charge in [0, 0.05) is 5.88 Å². The van der Waals surface area contributed by atoms with Gasteiger partial charge in [0.2, 0.25) is 0 Å². The summed E-state index contributed by atoms with van der Waals surface area (Å²) in [6, 6.07) is 0. The minimum atomic E-state index is 0.616. The fourth-order valence-corrected chi connectivity index (χ4v) is 3.12. The Hall–Kier alpha value is 0.290. The standard InChI is InChI=1S/C11H19Cl/c1-10(2)3-5-11(6-4-10)7-9(11)8-12/h9H,3-8H2,1-2H3. The molecule has 1 heteroatoms. The molecule has 1 spiro atoms. The second-order valence-electron chi connectivity index (χ2n) is 5.58. The molecular formula is C11H19Cl. The maximum absolute atomic E-state index is 5.89. The van der Waals surface area contributed by atoms with Crippen LogP contribution in [0.2, 0.25) is 0 Å². The van der Waals surface area contributed by atoms with E-state index in [2.05, 4.69) is 13.8 Å². The van der Waals surface area contributed by atoms with Gasteiger partial charge in [-0.2, -0.15) is 0 Å². The van der Waals surface area contributed by atoms with Gasteiger partial charge in [0.1, 0.15) is 0 Å². The normalized spacial score (nSPS) is 36.8. The summed E-state index contributed by atoms with van der Waals surface area (Å²) in [6.45, 7) is 4.80. The molecule has 0 heterocycles. The van der Waals surface area contributed by atoms with Gasteiger partial charge in [0.15, 0.2) is 0 Å². The molecule has 0 aromatic carbocycles. The van der Waals surface area contributed by atoms with Gasteiger partial charge in [-0.1, -0.05) is 13.8 Å². The van der Waals surface area contributed by atoms with Gasteiger partial charge in [-0.05, 0) is 48.9 Å². The van der Waals surface area contributed by atoms with Crippen LogP contribution in [0.4, 0.5) is 0 Å². The Morgan fingerprint density at radius 1 is 1.17 bits per heavy atom. The predicted molar refractivity (Wildman–Crippen MR) is 53.5 cm³/mol. The molecule has 1 unspecified atom stereocenters. The summed E-state index contributed by atoms with van der Waals surface area (Å²) in [5.74, 6) is 1.77. The number of hydrogen-bond donors (Lipinski definition) is 0. The van der Waals surface area contributed by atoms with Gasteiger partial charge in [-0.15, -0.1) is 11.6 Å². The van der Waals surface area contributed by atoms with Gasteiger partial charge in [-0.3, -0.25) is 0 Å². The predicted octanol–water partition coefficient (Wildman–Crippen LogP) is 3.83. The number of hydrogen-bond acceptors (Lipinski definition) is 0. The van der Waals surface area contributed by atoms with Gasteiger partial charge >= 0.3 is 0 Å². The summed E-state index contributed by atoms with van der Waals surface area (Å²) in [7, 11) is 0. The lowest BCUT2D eigenvalue weighted by Crippen LogP contribution is -2.23. The third-order valence-electron chi connectivity index (χ3n) is 4.14. The molecular weight excluding hydrogens is 168 g/mol. The summed E-state index contributed by atoms with van der Waals surface area (Å²) in [5.41, 5.74) is 1.34. The van der Waals surface area contributed by atoms with Crippen molar-refractivity contribution in [3.63, 3.8) is 0 Å². The van der Waals surface area contributed by atoms with Crippen LogP contribution in [0.5, 0.6) is 0 Å². The zero-order valence-corrected chi connectivity index (χ0v) is 8.95. The summed E-state index contributed by atoms with van der Waals surface area (Å²) in [4.78, 5) is 0. The highest BCUT2D eigenvalue weighted by Crippen LogP contribution is 2.64. The first-order valence-electron chi connectivity index (χ1n) is 5.14. The van der Waals surface area contributed by atoms with Crippen LogP contribution in [0.1, 0.15) is 46.0 Å². The third-order valence-corrected chi connectivity index (χ3v) is 4.52. The Bertz CT molecular complexity index is 173. The first kappa shape index (κ1) is 8.87. The van der Waals surface area contributed by atoms with E-state index in [1.54, 1.807) is 0 Å². The van der Waals surface area contributed by atoms with Crippen molar-refractivity contribution >= 4 is 11.6 Å². The van der Waals surface area contributed by atoms with Crippen molar-refractivity contribution < 1.29 is 0 Å². The van der Waals surface area contributed by atoms with E-state index in [9.17, 15) is 0 Å². The third kappa shape index (κ3) is 1.39. The molecule has 0 nitrogen and oxygen atoms in total. The van der Waals surface area contributed by atoms with E-state index in [0.717, 1.165) is 17.2 Å². The topological polar surface area (TPSA) is 0 Å². The van der Waals surface area contributed by atoms with Crippen molar-refractivity contribution in [2.24, 2.45) is 16.7 Å². The van der Waals surface area contributed by atoms with E-state index in [-0.39, 0.29) is 0 Å². The minimum Gasteiger partial charge on any atom is -0.126 e. The molecule has 0 aliphatic heterocycles. The second kappa shape index (κ2) is 2.64. The Labute approximate surface area is 80.7 Å². The molecule has 1 atom stereocenters. The van der Waals surface area contributed by atoms with E-state index in [1.165, 1.54) is 32.1 Å². The quantitative estimate of drug-likeness (QED) is 0.546. The molecule has 0 amide bonds. The van der Waals surface area contributed by atoms with Gasteiger partial charge < -0.3 is 0 Å². The highest BCUT2D eigenvalue weighted by molar-refractivity contribution is 6.18. The molecule has 2 fully saturated rings. The largest absolute Gasteiger partial charge is 0.126 e. The number of rotatable bonds is 1. The molecule has 2 saturated carbocycles. The van der Waals surface area contributed by atoms with Crippen LogP contribution >= 0.6 is 11.6 Å². The van der Waals surface area contributed by atoms with Gasteiger partial charge in [-0.25, -0.2) is 0 Å². The monoisotopic (exact) mass is 186 g/mol. The maximum atomic E-state index is 5.89. The first-order chi connectivity index (χ1) is 5.58. The lowest BCUT2D eigenvalue weighted by atomic mass is 9.71. The molecule has 0 aromatic heterocycles. The Morgan fingerprint density at radius 3 is 2.17 bits per heavy atom. The smallest absolute Gasteiger partial charge is 0.0257 e. The molecule has 2 aliphatic carbocycles. The lowest BCUT2D eigenvalue weighted by Gasteiger charge is -2.35. The highest BCUT2D eigenvalue weighted by atomic mass is 35.5.